The lowest BCUT2D eigenvalue weighted by molar-refractivity contribution is 0.660. The van der Waals surface area contributed by atoms with E-state index in [-0.39, 0.29) is 5.41 Å². The topological polar surface area (TPSA) is 6.48 Å². The summed E-state index contributed by atoms with van der Waals surface area (Å²) in [6.07, 6.45) is 4.47. The fourth-order valence-corrected chi connectivity index (χ4v) is 8.42. The molecule has 0 spiro atoms. The van der Waals surface area contributed by atoms with Gasteiger partial charge in [0, 0.05) is 39.2 Å². The van der Waals surface area contributed by atoms with E-state index in [1.165, 1.54) is 66.8 Å². The molecule has 0 saturated carbocycles. The molecule has 2 nitrogen and oxygen atoms in total. The minimum atomic E-state index is -0.169. The van der Waals surface area contributed by atoms with Crippen LogP contribution in [0.25, 0.3) is 34.1 Å². The quantitative estimate of drug-likeness (QED) is 0.145. The van der Waals surface area contributed by atoms with Crippen LogP contribution in [0.1, 0.15) is 47.2 Å². The summed E-state index contributed by atoms with van der Waals surface area (Å²) in [5, 5.41) is 2.48. The molecule has 0 aliphatic heterocycles. The van der Waals surface area contributed by atoms with Crippen molar-refractivity contribution >= 4 is 57.0 Å². The maximum Gasteiger partial charge on any atom is 0.0540 e. The van der Waals surface area contributed by atoms with Gasteiger partial charge in [0.05, 0.1) is 5.69 Å². The normalized spacial score (nSPS) is 12.8. The molecule has 9 rings (SSSR count). The molecule has 1 aliphatic rings. The molecule has 2 heteroatoms. The first kappa shape index (κ1) is 34.1. The van der Waals surface area contributed by atoms with Gasteiger partial charge in [-0.3, -0.25) is 0 Å². The van der Waals surface area contributed by atoms with Gasteiger partial charge in [-0.15, -0.1) is 0 Å². The Bertz CT molecular complexity index is 2620. The van der Waals surface area contributed by atoms with E-state index in [1.54, 1.807) is 0 Å². The molecule has 0 radical (unpaired) electrons. The number of hydrogen-bond acceptors (Lipinski definition) is 2. The zero-order valence-corrected chi connectivity index (χ0v) is 31.9. The van der Waals surface area contributed by atoms with E-state index in [0.717, 1.165) is 22.6 Å². The Morgan fingerprint density at radius 1 is 0.400 bits per heavy atom. The van der Waals surface area contributed by atoms with Crippen molar-refractivity contribution in [1.82, 2.24) is 0 Å². The molecule has 0 heterocycles. The highest BCUT2D eigenvalue weighted by Gasteiger charge is 2.36. The van der Waals surface area contributed by atoms with E-state index in [9.17, 15) is 0 Å². The van der Waals surface area contributed by atoms with Gasteiger partial charge in [0.25, 0.3) is 0 Å². The summed E-state index contributed by atoms with van der Waals surface area (Å²) in [4.78, 5) is 4.74. The summed E-state index contributed by atoms with van der Waals surface area (Å²) in [5.74, 6) is 0. The standard InChI is InChI=1S/C53H44N2/c1-37-32-38(2)34-46(33-37)55(52-21-13-15-41-14-11-12-20-47(41)52)45-29-31-49-48-30-26-40(35-50(48)53(3,4)51(49)36-45)23-22-39-24-27-44(28-25-39)54(42-16-7-5-8-17-42)43-18-9-6-10-19-43/h5-36H,1-4H3/b23-22+. The zero-order chi connectivity index (χ0) is 37.5. The molecule has 0 fully saturated rings. The average molecular weight is 709 g/mol. The number of para-hydroxylation sites is 2. The van der Waals surface area contributed by atoms with E-state index in [1.807, 2.05) is 0 Å². The van der Waals surface area contributed by atoms with Crippen molar-refractivity contribution in [1.29, 1.82) is 0 Å². The molecule has 0 amide bonds. The Morgan fingerprint density at radius 3 is 1.62 bits per heavy atom. The van der Waals surface area contributed by atoms with Crippen molar-refractivity contribution in [2.75, 3.05) is 9.80 Å². The summed E-state index contributed by atoms with van der Waals surface area (Å²) in [6.45, 7) is 9.12. The second-order valence-electron chi connectivity index (χ2n) is 15.3. The summed E-state index contributed by atoms with van der Waals surface area (Å²) in [6, 6.07) is 66.1. The number of aryl methyl sites for hydroxylation is 2. The lowest BCUT2D eigenvalue weighted by Gasteiger charge is -2.29. The molecule has 0 atom stereocenters. The summed E-state index contributed by atoms with van der Waals surface area (Å²) < 4.78 is 0. The lowest BCUT2D eigenvalue weighted by Crippen LogP contribution is -2.17. The SMILES string of the molecule is Cc1cc(C)cc(N(c2ccc3c(c2)C(C)(C)c2cc(/C=C/c4ccc(N(c5ccccc5)c5ccccc5)cc4)ccc2-3)c2cccc3ccccc23)c1. The van der Waals surface area contributed by atoms with Crippen molar-refractivity contribution in [3.05, 3.63) is 215 Å². The Kier molecular flexibility index (Phi) is 8.67. The molecule has 0 saturated heterocycles. The highest BCUT2D eigenvalue weighted by Crippen LogP contribution is 2.51. The van der Waals surface area contributed by atoms with Crippen LogP contribution in [0.15, 0.2) is 182 Å². The number of fused-ring (bicyclic) bond motifs is 4. The molecule has 0 unspecified atom stereocenters. The van der Waals surface area contributed by atoms with E-state index >= 15 is 0 Å². The number of hydrogen-bond donors (Lipinski definition) is 0. The monoisotopic (exact) mass is 708 g/mol. The van der Waals surface area contributed by atoms with Crippen molar-refractivity contribution < 1.29 is 0 Å². The lowest BCUT2D eigenvalue weighted by atomic mass is 9.81. The number of rotatable bonds is 8. The van der Waals surface area contributed by atoms with E-state index in [2.05, 4.69) is 232 Å². The van der Waals surface area contributed by atoms with Crippen LogP contribution in [-0.4, -0.2) is 0 Å². The Morgan fingerprint density at radius 2 is 0.927 bits per heavy atom. The van der Waals surface area contributed by atoms with Gasteiger partial charge in [-0.05, 0) is 130 Å². The second kappa shape index (κ2) is 14.0. The molecular formula is C53H44N2. The fourth-order valence-electron chi connectivity index (χ4n) is 8.42. The minimum Gasteiger partial charge on any atom is -0.311 e. The van der Waals surface area contributed by atoms with Gasteiger partial charge in [0.2, 0.25) is 0 Å². The average Bonchev–Trinajstić information content (AvgIpc) is 3.43. The first-order valence-electron chi connectivity index (χ1n) is 19.2. The first-order valence-corrected chi connectivity index (χ1v) is 19.2. The van der Waals surface area contributed by atoms with Crippen LogP contribution in [0, 0.1) is 13.8 Å². The van der Waals surface area contributed by atoms with Gasteiger partial charge in [0.1, 0.15) is 0 Å². The van der Waals surface area contributed by atoms with Crippen LogP contribution in [-0.2, 0) is 5.41 Å². The third-order valence-electron chi connectivity index (χ3n) is 11.1. The number of nitrogens with zero attached hydrogens (tertiary/aromatic N) is 2. The van der Waals surface area contributed by atoms with Crippen molar-refractivity contribution in [2.24, 2.45) is 0 Å². The first-order chi connectivity index (χ1) is 26.8. The highest BCUT2D eigenvalue weighted by molar-refractivity contribution is 5.99. The largest absolute Gasteiger partial charge is 0.311 e. The third-order valence-corrected chi connectivity index (χ3v) is 11.1. The third kappa shape index (κ3) is 6.40. The molecular weight excluding hydrogens is 665 g/mol. The Balaban J connectivity index is 1.03. The van der Waals surface area contributed by atoms with E-state index in [4.69, 9.17) is 0 Å². The van der Waals surface area contributed by atoms with Crippen molar-refractivity contribution in [3.63, 3.8) is 0 Å². The Hall–Kier alpha value is -6.64. The second-order valence-corrected chi connectivity index (χ2v) is 15.3. The van der Waals surface area contributed by atoms with Crippen LogP contribution in [0.4, 0.5) is 34.1 Å². The maximum absolute atomic E-state index is 2.44. The fraction of sp³-hybridized carbons (Fsp3) is 0.0943. The highest BCUT2D eigenvalue weighted by atomic mass is 15.1. The molecule has 1 aliphatic carbocycles. The summed E-state index contributed by atoms with van der Waals surface area (Å²) in [7, 11) is 0. The maximum atomic E-state index is 2.44. The predicted octanol–water partition coefficient (Wildman–Crippen LogP) is 14.9. The minimum absolute atomic E-state index is 0.169. The van der Waals surface area contributed by atoms with Gasteiger partial charge in [-0.2, -0.15) is 0 Å². The van der Waals surface area contributed by atoms with Crippen LogP contribution in [0.2, 0.25) is 0 Å². The molecule has 0 N–H and O–H groups in total. The van der Waals surface area contributed by atoms with Gasteiger partial charge in [-0.1, -0.05) is 141 Å². The zero-order valence-electron chi connectivity index (χ0n) is 31.9. The molecule has 8 aromatic carbocycles. The van der Waals surface area contributed by atoms with Crippen LogP contribution in [0.5, 0.6) is 0 Å². The number of anilines is 6. The van der Waals surface area contributed by atoms with E-state index in [0.29, 0.717) is 0 Å². The van der Waals surface area contributed by atoms with Crippen molar-refractivity contribution in [2.45, 2.75) is 33.1 Å². The summed E-state index contributed by atoms with van der Waals surface area (Å²) in [5.41, 5.74) is 17.0. The molecule has 0 bridgehead atoms. The van der Waals surface area contributed by atoms with Crippen LogP contribution in [0.3, 0.4) is 0 Å². The molecule has 0 aromatic heterocycles. The van der Waals surface area contributed by atoms with Crippen molar-refractivity contribution in [3.8, 4) is 11.1 Å². The van der Waals surface area contributed by atoms with Gasteiger partial charge >= 0.3 is 0 Å². The predicted molar refractivity (Wildman–Crippen MR) is 236 cm³/mol. The van der Waals surface area contributed by atoms with Gasteiger partial charge in [-0.25, -0.2) is 0 Å². The molecule has 55 heavy (non-hydrogen) atoms. The van der Waals surface area contributed by atoms with Crippen LogP contribution < -0.4 is 9.80 Å². The smallest absolute Gasteiger partial charge is 0.0540 e. The van der Waals surface area contributed by atoms with Gasteiger partial charge in [0.15, 0.2) is 0 Å². The Labute approximate surface area is 325 Å². The van der Waals surface area contributed by atoms with Crippen LogP contribution >= 0.6 is 0 Å². The van der Waals surface area contributed by atoms with Gasteiger partial charge < -0.3 is 9.80 Å². The number of benzene rings is 8. The summed E-state index contributed by atoms with van der Waals surface area (Å²) >= 11 is 0. The van der Waals surface area contributed by atoms with E-state index < -0.39 is 0 Å². The molecule has 8 aromatic rings. The molecule has 266 valence electrons.